The Hall–Kier alpha value is -3.93. The zero-order valence-corrected chi connectivity index (χ0v) is 16.1. The molecule has 0 saturated carbocycles. The second-order valence-electron chi connectivity index (χ2n) is 6.82. The number of phenolic OH excluding ortho intramolecular Hbond substituents is 1. The van der Waals surface area contributed by atoms with Gasteiger partial charge in [-0.3, -0.25) is 4.79 Å². The molecule has 0 bridgehead atoms. The van der Waals surface area contributed by atoms with Gasteiger partial charge in [0.05, 0.1) is 17.1 Å². The summed E-state index contributed by atoms with van der Waals surface area (Å²) in [4.78, 5) is 19.7. The van der Waals surface area contributed by atoms with E-state index in [9.17, 15) is 9.90 Å². The number of fused-ring (bicyclic) bond motifs is 1. The fourth-order valence-electron chi connectivity index (χ4n) is 3.04. The lowest BCUT2D eigenvalue weighted by atomic mass is 10.2. The van der Waals surface area contributed by atoms with E-state index in [2.05, 4.69) is 10.1 Å². The van der Waals surface area contributed by atoms with E-state index in [0.717, 1.165) is 11.3 Å². The number of phenols is 1. The van der Waals surface area contributed by atoms with Crippen LogP contribution in [0.5, 0.6) is 5.75 Å². The van der Waals surface area contributed by atoms with Crippen molar-refractivity contribution in [1.82, 2.24) is 9.66 Å². The van der Waals surface area contributed by atoms with Crippen molar-refractivity contribution in [1.29, 1.82) is 0 Å². The summed E-state index contributed by atoms with van der Waals surface area (Å²) in [7, 11) is 3.80. The smallest absolute Gasteiger partial charge is 0.282 e. The highest BCUT2D eigenvalue weighted by Crippen LogP contribution is 2.23. The second kappa shape index (κ2) is 7.59. The topological polar surface area (TPSA) is 70.7 Å². The standard InChI is InChI=1S/C23H20N4O2/c1-26(2)18-13-12-17(21(28)14-18)15-24-27-22(16-8-4-3-5-9-16)25-20-11-7-6-10-19(20)23(27)29/h3-15,28H,1-2H3. The van der Waals surface area contributed by atoms with Gasteiger partial charge in [-0.05, 0) is 24.3 Å². The summed E-state index contributed by atoms with van der Waals surface area (Å²) in [5.74, 6) is 0.526. The summed E-state index contributed by atoms with van der Waals surface area (Å²) in [6, 6.07) is 21.9. The SMILES string of the molecule is CN(C)c1ccc(C=Nn2c(-c3ccccc3)nc3ccccc3c2=O)c(O)c1. The molecule has 0 amide bonds. The molecule has 6 heteroatoms. The van der Waals surface area contributed by atoms with Crippen LogP contribution in [0.3, 0.4) is 0 Å². The normalized spacial score (nSPS) is 11.2. The molecule has 6 nitrogen and oxygen atoms in total. The van der Waals surface area contributed by atoms with E-state index in [-0.39, 0.29) is 11.3 Å². The molecule has 144 valence electrons. The molecule has 3 aromatic carbocycles. The Morgan fingerprint density at radius 2 is 1.72 bits per heavy atom. The molecule has 0 atom stereocenters. The van der Waals surface area contributed by atoms with Crippen LogP contribution in [0.1, 0.15) is 5.56 Å². The molecule has 0 aliphatic heterocycles. The van der Waals surface area contributed by atoms with Crippen LogP contribution in [0.25, 0.3) is 22.3 Å². The number of hydrogen-bond donors (Lipinski definition) is 1. The predicted molar refractivity (Wildman–Crippen MR) is 117 cm³/mol. The van der Waals surface area contributed by atoms with Crippen LogP contribution in [-0.2, 0) is 0 Å². The predicted octanol–water partition coefficient (Wildman–Crippen LogP) is 3.72. The van der Waals surface area contributed by atoms with Crippen molar-refractivity contribution >= 4 is 22.8 Å². The van der Waals surface area contributed by atoms with Crippen LogP contribution in [0.2, 0.25) is 0 Å². The maximum atomic E-state index is 13.1. The number of para-hydroxylation sites is 1. The lowest BCUT2D eigenvalue weighted by molar-refractivity contribution is 0.474. The van der Waals surface area contributed by atoms with Gasteiger partial charge in [-0.25, -0.2) is 4.98 Å². The van der Waals surface area contributed by atoms with Crippen molar-refractivity contribution in [3.8, 4) is 17.1 Å². The quantitative estimate of drug-likeness (QED) is 0.545. The first-order valence-corrected chi connectivity index (χ1v) is 9.16. The van der Waals surface area contributed by atoms with Gasteiger partial charge in [0.2, 0.25) is 0 Å². The molecule has 0 spiro atoms. The van der Waals surface area contributed by atoms with Gasteiger partial charge >= 0.3 is 0 Å². The minimum atomic E-state index is -0.268. The highest BCUT2D eigenvalue weighted by molar-refractivity contribution is 5.85. The average Bonchev–Trinajstić information content (AvgIpc) is 2.74. The lowest BCUT2D eigenvalue weighted by Gasteiger charge is -2.13. The van der Waals surface area contributed by atoms with E-state index in [1.807, 2.05) is 67.5 Å². The van der Waals surface area contributed by atoms with Gasteiger partial charge in [-0.2, -0.15) is 9.78 Å². The fourth-order valence-corrected chi connectivity index (χ4v) is 3.04. The molecule has 0 unspecified atom stereocenters. The molecule has 4 rings (SSSR count). The molecule has 0 radical (unpaired) electrons. The Morgan fingerprint density at radius 1 is 1.00 bits per heavy atom. The number of rotatable bonds is 4. The van der Waals surface area contributed by atoms with Crippen LogP contribution in [0.4, 0.5) is 5.69 Å². The Kier molecular flexibility index (Phi) is 4.83. The maximum Gasteiger partial charge on any atom is 0.282 e. The van der Waals surface area contributed by atoms with Crippen molar-refractivity contribution in [3.63, 3.8) is 0 Å². The molecule has 0 fully saturated rings. The molecule has 1 N–H and O–H groups in total. The third-order valence-electron chi connectivity index (χ3n) is 4.63. The third-order valence-corrected chi connectivity index (χ3v) is 4.63. The van der Waals surface area contributed by atoms with Gasteiger partial charge in [0.25, 0.3) is 5.56 Å². The van der Waals surface area contributed by atoms with E-state index in [1.165, 1.54) is 10.9 Å². The van der Waals surface area contributed by atoms with Crippen molar-refractivity contribution in [2.24, 2.45) is 5.10 Å². The monoisotopic (exact) mass is 384 g/mol. The Labute approximate surface area is 168 Å². The first kappa shape index (κ1) is 18.4. The fraction of sp³-hybridized carbons (Fsp3) is 0.0870. The van der Waals surface area contributed by atoms with Gasteiger partial charge in [-0.1, -0.05) is 42.5 Å². The summed E-state index contributed by atoms with van der Waals surface area (Å²) >= 11 is 0. The summed E-state index contributed by atoms with van der Waals surface area (Å²) < 4.78 is 1.27. The summed E-state index contributed by atoms with van der Waals surface area (Å²) in [5, 5.41) is 15.2. The van der Waals surface area contributed by atoms with Crippen molar-refractivity contribution in [3.05, 3.63) is 88.7 Å². The number of benzene rings is 3. The van der Waals surface area contributed by atoms with Gasteiger partial charge in [0.15, 0.2) is 5.82 Å². The maximum absolute atomic E-state index is 13.1. The number of aromatic hydroxyl groups is 1. The molecule has 1 aromatic heterocycles. The highest BCUT2D eigenvalue weighted by Gasteiger charge is 2.12. The lowest BCUT2D eigenvalue weighted by Crippen LogP contribution is -2.20. The van der Waals surface area contributed by atoms with Gasteiger partial charge in [0.1, 0.15) is 5.75 Å². The Morgan fingerprint density at radius 3 is 2.45 bits per heavy atom. The minimum Gasteiger partial charge on any atom is -0.507 e. The molecular weight excluding hydrogens is 364 g/mol. The van der Waals surface area contributed by atoms with Crippen LogP contribution < -0.4 is 10.5 Å². The Bertz CT molecular complexity index is 1260. The summed E-state index contributed by atoms with van der Waals surface area (Å²) in [6.07, 6.45) is 1.47. The average molecular weight is 384 g/mol. The van der Waals surface area contributed by atoms with E-state index < -0.39 is 0 Å². The first-order valence-electron chi connectivity index (χ1n) is 9.16. The molecule has 0 aliphatic rings. The van der Waals surface area contributed by atoms with Gasteiger partial charge in [-0.15, -0.1) is 0 Å². The number of hydrogen-bond acceptors (Lipinski definition) is 5. The van der Waals surface area contributed by atoms with E-state index in [0.29, 0.717) is 22.3 Å². The van der Waals surface area contributed by atoms with Gasteiger partial charge in [0, 0.05) is 37.0 Å². The minimum absolute atomic E-state index is 0.0861. The van der Waals surface area contributed by atoms with E-state index in [4.69, 9.17) is 0 Å². The Balaban J connectivity index is 1.88. The molecule has 1 heterocycles. The molecule has 0 saturated heterocycles. The summed E-state index contributed by atoms with van der Waals surface area (Å²) in [5.41, 5.74) is 2.50. The largest absolute Gasteiger partial charge is 0.507 e. The summed E-state index contributed by atoms with van der Waals surface area (Å²) in [6.45, 7) is 0. The zero-order valence-electron chi connectivity index (χ0n) is 16.1. The molecule has 4 aromatic rings. The van der Waals surface area contributed by atoms with Crippen LogP contribution >= 0.6 is 0 Å². The van der Waals surface area contributed by atoms with Crippen LogP contribution in [0, 0.1) is 0 Å². The van der Waals surface area contributed by atoms with E-state index >= 15 is 0 Å². The number of aromatic nitrogens is 2. The first-order chi connectivity index (χ1) is 14.0. The zero-order chi connectivity index (χ0) is 20.4. The second-order valence-corrected chi connectivity index (χ2v) is 6.82. The van der Waals surface area contributed by atoms with Gasteiger partial charge < -0.3 is 10.0 Å². The van der Waals surface area contributed by atoms with Crippen LogP contribution in [0.15, 0.2) is 82.7 Å². The third kappa shape index (κ3) is 3.60. The number of nitrogens with zero attached hydrogens (tertiary/aromatic N) is 4. The van der Waals surface area contributed by atoms with Crippen LogP contribution in [-0.4, -0.2) is 35.1 Å². The van der Waals surface area contributed by atoms with Crippen molar-refractivity contribution in [2.75, 3.05) is 19.0 Å². The van der Waals surface area contributed by atoms with Crippen molar-refractivity contribution in [2.45, 2.75) is 0 Å². The molecule has 0 aliphatic carbocycles. The van der Waals surface area contributed by atoms with E-state index in [1.54, 1.807) is 24.3 Å². The molecule has 29 heavy (non-hydrogen) atoms. The highest BCUT2D eigenvalue weighted by atomic mass is 16.3. The molecular formula is C23H20N4O2. The number of anilines is 1. The van der Waals surface area contributed by atoms with Crippen molar-refractivity contribution < 1.29 is 5.11 Å².